The van der Waals surface area contributed by atoms with Crippen molar-refractivity contribution in [1.29, 1.82) is 0 Å². The summed E-state index contributed by atoms with van der Waals surface area (Å²) in [5, 5.41) is 6.72. The van der Waals surface area contributed by atoms with Gasteiger partial charge >= 0.3 is 0 Å². The lowest BCUT2D eigenvalue weighted by atomic mass is 10.0. The number of hydrogen-bond donors (Lipinski definition) is 1. The average Bonchev–Trinajstić information content (AvgIpc) is 3.02. The second kappa shape index (κ2) is 6.43. The van der Waals surface area contributed by atoms with E-state index in [2.05, 4.69) is 5.32 Å². The molecule has 124 valence electrons. The highest BCUT2D eigenvalue weighted by molar-refractivity contribution is 6.39. The van der Waals surface area contributed by atoms with E-state index in [1.807, 2.05) is 36.4 Å². The molecule has 0 saturated carbocycles. The van der Waals surface area contributed by atoms with Crippen LogP contribution in [0.5, 0.6) is 0 Å². The number of anilines is 1. The third-order valence-electron chi connectivity index (χ3n) is 4.12. The van der Waals surface area contributed by atoms with E-state index in [4.69, 9.17) is 27.6 Å². The van der Waals surface area contributed by atoms with Crippen molar-refractivity contribution < 1.29 is 9.21 Å². The first kappa shape index (κ1) is 16.0. The third kappa shape index (κ3) is 2.97. The quantitative estimate of drug-likeness (QED) is 0.475. The average molecular weight is 370 g/mol. The fraction of sp³-hybridized carbons (Fsp3) is 0.0500. The first-order chi connectivity index (χ1) is 12.1. The van der Waals surface area contributed by atoms with Gasteiger partial charge in [-0.05, 0) is 29.0 Å². The highest BCUT2D eigenvalue weighted by Gasteiger charge is 2.15. The number of furan rings is 1. The minimum atomic E-state index is -0.203. The van der Waals surface area contributed by atoms with Crippen molar-refractivity contribution >= 4 is 56.5 Å². The van der Waals surface area contributed by atoms with E-state index in [9.17, 15) is 4.79 Å². The van der Waals surface area contributed by atoms with Gasteiger partial charge in [0.1, 0.15) is 5.58 Å². The van der Waals surface area contributed by atoms with Crippen molar-refractivity contribution in [3.63, 3.8) is 0 Å². The summed E-state index contributed by atoms with van der Waals surface area (Å²) < 4.78 is 5.62. The van der Waals surface area contributed by atoms with Gasteiger partial charge in [0, 0.05) is 10.9 Å². The number of carbonyl (C=O) groups excluding carboxylic acids is 1. The molecule has 0 fully saturated rings. The van der Waals surface area contributed by atoms with Crippen LogP contribution in [0.1, 0.15) is 5.56 Å². The van der Waals surface area contributed by atoms with Crippen molar-refractivity contribution in [3.8, 4) is 0 Å². The Labute approximate surface area is 154 Å². The molecule has 0 saturated heterocycles. The van der Waals surface area contributed by atoms with Gasteiger partial charge in [-0.2, -0.15) is 0 Å². The van der Waals surface area contributed by atoms with Gasteiger partial charge in [-0.1, -0.05) is 59.6 Å². The SMILES string of the molecule is O=C(Cc1coc2ccc3ccccc3c12)Nc1c(Cl)cccc1Cl. The minimum Gasteiger partial charge on any atom is -0.464 e. The fourth-order valence-corrected chi connectivity index (χ4v) is 3.47. The van der Waals surface area contributed by atoms with Crippen LogP contribution in [0.25, 0.3) is 21.7 Å². The second-order valence-electron chi connectivity index (χ2n) is 5.74. The van der Waals surface area contributed by atoms with Gasteiger partial charge < -0.3 is 9.73 Å². The molecule has 0 aliphatic rings. The molecule has 0 bridgehead atoms. The predicted octanol–water partition coefficient (Wildman–Crippen LogP) is 6.07. The molecule has 3 nitrogen and oxygen atoms in total. The van der Waals surface area contributed by atoms with Crippen LogP contribution in [-0.4, -0.2) is 5.91 Å². The van der Waals surface area contributed by atoms with Crippen molar-refractivity contribution in [2.75, 3.05) is 5.32 Å². The van der Waals surface area contributed by atoms with E-state index in [0.717, 1.165) is 27.3 Å². The first-order valence-electron chi connectivity index (χ1n) is 7.75. The maximum absolute atomic E-state index is 12.5. The largest absolute Gasteiger partial charge is 0.464 e. The topological polar surface area (TPSA) is 42.2 Å². The van der Waals surface area contributed by atoms with Crippen LogP contribution in [0.4, 0.5) is 5.69 Å². The molecule has 25 heavy (non-hydrogen) atoms. The first-order valence-corrected chi connectivity index (χ1v) is 8.51. The Kier molecular flexibility index (Phi) is 4.12. The summed E-state index contributed by atoms with van der Waals surface area (Å²) in [6.45, 7) is 0. The van der Waals surface area contributed by atoms with Crippen LogP contribution in [0.2, 0.25) is 10.0 Å². The van der Waals surface area contributed by atoms with Gasteiger partial charge in [0.15, 0.2) is 0 Å². The molecule has 0 atom stereocenters. The summed E-state index contributed by atoms with van der Waals surface area (Å²) >= 11 is 12.2. The van der Waals surface area contributed by atoms with Gasteiger partial charge in [-0.15, -0.1) is 0 Å². The predicted molar refractivity (Wildman–Crippen MR) is 103 cm³/mol. The standard InChI is InChI=1S/C20H13Cl2NO2/c21-15-6-3-7-16(22)20(15)23-18(24)10-13-11-25-17-9-8-12-4-1-2-5-14(12)19(13)17/h1-9,11H,10H2,(H,23,24). The summed E-state index contributed by atoms with van der Waals surface area (Å²) in [5.41, 5.74) is 2.01. The van der Waals surface area contributed by atoms with E-state index in [1.54, 1.807) is 24.5 Å². The Morgan fingerprint density at radius 1 is 0.960 bits per heavy atom. The Balaban J connectivity index is 1.69. The van der Waals surface area contributed by atoms with Crippen molar-refractivity contribution in [2.45, 2.75) is 6.42 Å². The molecule has 0 unspecified atom stereocenters. The highest BCUT2D eigenvalue weighted by atomic mass is 35.5. The van der Waals surface area contributed by atoms with Crippen LogP contribution >= 0.6 is 23.2 Å². The van der Waals surface area contributed by atoms with E-state index >= 15 is 0 Å². The van der Waals surface area contributed by atoms with Crippen molar-refractivity contribution in [3.05, 3.63) is 76.5 Å². The lowest BCUT2D eigenvalue weighted by Crippen LogP contribution is -2.14. The molecule has 3 aromatic carbocycles. The smallest absolute Gasteiger partial charge is 0.229 e. The van der Waals surface area contributed by atoms with E-state index in [-0.39, 0.29) is 12.3 Å². The zero-order valence-corrected chi connectivity index (χ0v) is 14.6. The highest BCUT2D eigenvalue weighted by Crippen LogP contribution is 2.32. The second-order valence-corrected chi connectivity index (χ2v) is 6.56. The Morgan fingerprint density at radius 3 is 2.52 bits per heavy atom. The Bertz CT molecular complexity index is 1080. The summed E-state index contributed by atoms with van der Waals surface area (Å²) in [7, 11) is 0. The van der Waals surface area contributed by atoms with E-state index in [0.29, 0.717) is 15.7 Å². The van der Waals surface area contributed by atoms with Gasteiger partial charge in [-0.3, -0.25) is 4.79 Å². The van der Waals surface area contributed by atoms with E-state index < -0.39 is 0 Å². The van der Waals surface area contributed by atoms with Crippen LogP contribution in [0.3, 0.4) is 0 Å². The molecule has 4 rings (SSSR count). The van der Waals surface area contributed by atoms with Gasteiger partial charge in [0.2, 0.25) is 5.91 Å². The molecule has 1 aromatic heterocycles. The Hall–Kier alpha value is -2.49. The summed E-state index contributed by atoms with van der Waals surface area (Å²) in [5.74, 6) is -0.203. The number of para-hydroxylation sites is 1. The van der Waals surface area contributed by atoms with Gasteiger partial charge in [0.25, 0.3) is 0 Å². The summed E-state index contributed by atoms with van der Waals surface area (Å²) in [6.07, 6.45) is 1.80. The number of amides is 1. The summed E-state index contributed by atoms with van der Waals surface area (Å²) in [6, 6.07) is 17.1. The molecule has 1 heterocycles. The van der Waals surface area contributed by atoms with Crippen molar-refractivity contribution in [1.82, 2.24) is 0 Å². The number of benzene rings is 3. The molecular weight excluding hydrogens is 357 g/mol. The maximum Gasteiger partial charge on any atom is 0.229 e. The van der Waals surface area contributed by atoms with Crippen LogP contribution < -0.4 is 5.32 Å². The third-order valence-corrected chi connectivity index (χ3v) is 4.75. The molecule has 5 heteroatoms. The zero-order chi connectivity index (χ0) is 17.4. The van der Waals surface area contributed by atoms with Crippen molar-refractivity contribution in [2.24, 2.45) is 0 Å². The number of fused-ring (bicyclic) bond motifs is 3. The lowest BCUT2D eigenvalue weighted by Gasteiger charge is -2.09. The molecular formula is C20H13Cl2NO2. The number of halogens is 2. The molecule has 1 amide bonds. The normalized spacial score (nSPS) is 11.1. The molecule has 0 aliphatic heterocycles. The van der Waals surface area contributed by atoms with E-state index in [1.165, 1.54) is 0 Å². The van der Waals surface area contributed by atoms with Crippen LogP contribution in [-0.2, 0) is 11.2 Å². The van der Waals surface area contributed by atoms with Crippen LogP contribution in [0.15, 0.2) is 65.3 Å². The molecule has 4 aromatic rings. The number of hydrogen-bond acceptors (Lipinski definition) is 2. The molecule has 0 spiro atoms. The fourth-order valence-electron chi connectivity index (χ4n) is 2.98. The molecule has 1 N–H and O–H groups in total. The summed E-state index contributed by atoms with van der Waals surface area (Å²) in [4.78, 5) is 12.5. The van der Waals surface area contributed by atoms with Gasteiger partial charge in [-0.25, -0.2) is 0 Å². The van der Waals surface area contributed by atoms with Crippen LogP contribution in [0, 0.1) is 0 Å². The zero-order valence-electron chi connectivity index (χ0n) is 13.1. The molecule has 0 aliphatic carbocycles. The molecule has 0 radical (unpaired) electrons. The monoisotopic (exact) mass is 369 g/mol. The minimum absolute atomic E-state index is 0.169. The number of rotatable bonds is 3. The lowest BCUT2D eigenvalue weighted by molar-refractivity contribution is -0.115. The maximum atomic E-state index is 12.5. The number of nitrogens with one attached hydrogen (secondary N) is 1. The Morgan fingerprint density at radius 2 is 1.72 bits per heavy atom. The number of carbonyl (C=O) groups is 1. The van der Waals surface area contributed by atoms with Gasteiger partial charge in [0.05, 0.1) is 28.4 Å².